The van der Waals surface area contributed by atoms with E-state index >= 15 is 0 Å². The van der Waals surface area contributed by atoms with Crippen molar-refractivity contribution in [3.05, 3.63) is 53.3 Å². The van der Waals surface area contributed by atoms with Crippen molar-refractivity contribution in [3.8, 4) is 29.0 Å². The van der Waals surface area contributed by atoms with Crippen LogP contribution in [0.2, 0.25) is 0 Å². The number of nitrogens with zero attached hydrogens (tertiary/aromatic N) is 2. The summed E-state index contributed by atoms with van der Waals surface area (Å²) in [5.74, 6) is -0.699. The molecule has 0 aliphatic carbocycles. The average molecular weight is 238 g/mol. The first kappa shape index (κ1) is 11.6. The molecule has 0 spiro atoms. The second-order valence-corrected chi connectivity index (χ2v) is 3.65. The smallest absolute Gasteiger partial charge is 0.133 e. The minimum Gasteiger partial charge on any atom is -0.507 e. The summed E-state index contributed by atoms with van der Waals surface area (Å²) in [6, 6.07) is 11.9. The molecule has 0 radical (unpaired) electrons. The van der Waals surface area contributed by atoms with Crippen LogP contribution in [-0.2, 0) is 0 Å². The average Bonchev–Trinajstić information content (AvgIpc) is 2.39. The number of aromatic hydroxyl groups is 1. The second-order valence-electron chi connectivity index (χ2n) is 3.65. The maximum absolute atomic E-state index is 13.6. The van der Waals surface area contributed by atoms with Crippen molar-refractivity contribution < 1.29 is 9.50 Å². The molecule has 0 aliphatic rings. The fourth-order valence-corrected chi connectivity index (χ4v) is 1.61. The first-order valence-corrected chi connectivity index (χ1v) is 5.09. The van der Waals surface area contributed by atoms with Crippen LogP contribution < -0.4 is 0 Å². The minimum atomic E-state index is -0.488. The van der Waals surface area contributed by atoms with Crippen molar-refractivity contribution in [2.24, 2.45) is 0 Å². The number of phenolic OH excluding ortho intramolecular Hbond substituents is 1. The molecule has 86 valence electrons. The topological polar surface area (TPSA) is 67.8 Å². The summed E-state index contributed by atoms with van der Waals surface area (Å²) in [4.78, 5) is 0. The SMILES string of the molecule is N#Cc1ccc(F)c(-c2ccc(C#N)c(O)c2)c1. The highest BCUT2D eigenvalue weighted by Crippen LogP contribution is 2.28. The van der Waals surface area contributed by atoms with Crippen molar-refractivity contribution >= 4 is 0 Å². The summed E-state index contributed by atoms with van der Waals surface area (Å²) in [6.07, 6.45) is 0. The standard InChI is InChI=1S/C14H7FN2O/c15-13-4-1-9(7-16)5-12(13)10-2-3-11(8-17)14(18)6-10/h1-6,18H. The van der Waals surface area contributed by atoms with Crippen molar-refractivity contribution in [2.45, 2.75) is 0 Å². The molecule has 0 heterocycles. The van der Waals surface area contributed by atoms with E-state index in [1.807, 2.05) is 12.1 Å². The lowest BCUT2D eigenvalue weighted by molar-refractivity contribution is 0.474. The maximum atomic E-state index is 13.6. The summed E-state index contributed by atoms with van der Waals surface area (Å²) in [7, 11) is 0. The van der Waals surface area contributed by atoms with Crippen molar-refractivity contribution in [1.82, 2.24) is 0 Å². The summed E-state index contributed by atoms with van der Waals surface area (Å²) in [6.45, 7) is 0. The molecule has 2 aromatic carbocycles. The van der Waals surface area contributed by atoms with Crippen LogP contribution >= 0.6 is 0 Å². The van der Waals surface area contributed by atoms with Gasteiger partial charge in [-0.25, -0.2) is 4.39 Å². The van der Waals surface area contributed by atoms with E-state index in [1.54, 1.807) is 0 Å². The zero-order chi connectivity index (χ0) is 13.1. The van der Waals surface area contributed by atoms with Gasteiger partial charge in [0.15, 0.2) is 0 Å². The van der Waals surface area contributed by atoms with Gasteiger partial charge in [-0.15, -0.1) is 0 Å². The third kappa shape index (κ3) is 2.00. The molecule has 0 aliphatic heterocycles. The van der Waals surface area contributed by atoms with Gasteiger partial charge in [-0.2, -0.15) is 10.5 Å². The fourth-order valence-electron chi connectivity index (χ4n) is 1.61. The molecule has 2 aromatic rings. The summed E-state index contributed by atoms with van der Waals surface area (Å²) in [5, 5.41) is 27.0. The first-order valence-electron chi connectivity index (χ1n) is 5.09. The Kier molecular flexibility index (Phi) is 2.95. The number of rotatable bonds is 1. The Balaban J connectivity index is 2.60. The lowest BCUT2D eigenvalue weighted by Crippen LogP contribution is -1.87. The highest BCUT2D eigenvalue weighted by Gasteiger charge is 2.09. The fraction of sp³-hybridized carbons (Fsp3) is 0. The molecule has 0 bridgehead atoms. The van der Waals surface area contributed by atoms with Gasteiger partial charge in [0.25, 0.3) is 0 Å². The number of benzene rings is 2. The third-order valence-corrected chi connectivity index (χ3v) is 2.52. The van der Waals surface area contributed by atoms with Crippen LogP contribution in [0.25, 0.3) is 11.1 Å². The molecule has 0 fully saturated rings. The molecule has 2 rings (SSSR count). The van der Waals surface area contributed by atoms with Crippen LogP contribution in [0, 0.1) is 28.5 Å². The van der Waals surface area contributed by atoms with Gasteiger partial charge in [0.1, 0.15) is 17.6 Å². The van der Waals surface area contributed by atoms with E-state index in [9.17, 15) is 9.50 Å². The molecule has 0 saturated heterocycles. The Morgan fingerprint density at radius 3 is 2.39 bits per heavy atom. The number of nitriles is 2. The molecule has 0 saturated carbocycles. The molecule has 1 N–H and O–H groups in total. The lowest BCUT2D eigenvalue weighted by Gasteiger charge is -2.05. The number of hydrogen-bond acceptors (Lipinski definition) is 3. The van der Waals surface area contributed by atoms with Crippen molar-refractivity contribution in [2.75, 3.05) is 0 Å². The van der Waals surface area contributed by atoms with Gasteiger partial charge in [0.05, 0.1) is 17.2 Å². The zero-order valence-corrected chi connectivity index (χ0v) is 9.18. The summed E-state index contributed by atoms with van der Waals surface area (Å²) in [5.41, 5.74) is 1.08. The molecule has 4 heteroatoms. The number of hydrogen-bond donors (Lipinski definition) is 1. The monoisotopic (exact) mass is 238 g/mol. The normalized spacial score (nSPS) is 9.50. The molecule has 0 amide bonds. The van der Waals surface area contributed by atoms with Crippen LogP contribution in [0.3, 0.4) is 0 Å². The van der Waals surface area contributed by atoms with Gasteiger partial charge in [-0.3, -0.25) is 0 Å². The Bertz CT molecular complexity index is 696. The quantitative estimate of drug-likeness (QED) is 0.830. The second kappa shape index (κ2) is 4.57. The first-order chi connectivity index (χ1) is 8.65. The molecule has 0 aromatic heterocycles. The van der Waals surface area contributed by atoms with Crippen LogP contribution in [0.1, 0.15) is 11.1 Å². The number of phenols is 1. The highest BCUT2D eigenvalue weighted by molar-refractivity contribution is 5.69. The van der Waals surface area contributed by atoms with E-state index in [0.717, 1.165) is 0 Å². The van der Waals surface area contributed by atoms with Gasteiger partial charge < -0.3 is 5.11 Å². The largest absolute Gasteiger partial charge is 0.507 e. The Morgan fingerprint density at radius 1 is 1.00 bits per heavy atom. The van der Waals surface area contributed by atoms with E-state index in [1.165, 1.54) is 36.4 Å². The zero-order valence-electron chi connectivity index (χ0n) is 9.18. The minimum absolute atomic E-state index is 0.121. The van der Waals surface area contributed by atoms with E-state index in [2.05, 4.69) is 0 Å². The maximum Gasteiger partial charge on any atom is 0.133 e. The predicted octanol–water partition coefficient (Wildman–Crippen LogP) is 2.94. The molecule has 0 unspecified atom stereocenters. The molecule has 3 nitrogen and oxygen atoms in total. The molecule has 0 atom stereocenters. The van der Waals surface area contributed by atoms with E-state index in [4.69, 9.17) is 10.5 Å². The molecule has 18 heavy (non-hydrogen) atoms. The highest BCUT2D eigenvalue weighted by atomic mass is 19.1. The van der Waals surface area contributed by atoms with E-state index < -0.39 is 5.82 Å². The molecular weight excluding hydrogens is 231 g/mol. The summed E-state index contributed by atoms with van der Waals surface area (Å²) >= 11 is 0. The molecular formula is C14H7FN2O. The van der Waals surface area contributed by atoms with Crippen molar-refractivity contribution in [1.29, 1.82) is 10.5 Å². The van der Waals surface area contributed by atoms with Gasteiger partial charge in [0, 0.05) is 5.56 Å². The van der Waals surface area contributed by atoms with Crippen LogP contribution in [0.5, 0.6) is 5.75 Å². The Hall–Kier alpha value is -2.85. The predicted molar refractivity (Wildman–Crippen MR) is 62.9 cm³/mol. The van der Waals surface area contributed by atoms with E-state index in [-0.39, 0.29) is 16.9 Å². The van der Waals surface area contributed by atoms with Crippen LogP contribution in [-0.4, -0.2) is 5.11 Å². The lowest BCUT2D eigenvalue weighted by atomic mass is 10.0. The van der Waals surface area contributed by atoms with Crippen molar-refractivity contribution in [3.63, 3.8) is 0 Å². The van der Waals surface area contributed by atoms with E-state index in [0.29, 0.717) is 11.1 Å². The van der Waals surface area contributed by atoms with Crippen LogP contribution in [0.15, 0.2) is 36.4 Å². The van der Waals surface area contributed by atoms with Crippen LogP contribution in [0.4, 0.5) is 4.39 Å². The Labute approximate surface area is 103 Å². The third-order valence-electron chi connectivity index (χ3n) is 2.52. The summed E-state index contributed by atoms with van der Waals surface area (Å²) < 4.78 is 13.6. The Morgan fingerprint density at radius 2 is 1.78 bits per heavy atom. The van der Waals surface area contributed by atoms with Gasteiger partial charge in [-0.05, 0) is 35.9 Å². The van der Waals surface area contributed by atoms with Gasteiger partial charge in [0.2, 0.25) is 0 Å². The van der Waals surface area contributed by atoms with Gasteiger partial charge >= 0.3 is 0 Å². The number of halogens is 1. The van der Waals surface area contributed by atoms with Gasteiger partial charge in [-0.1, -0.05) is 6.07 Å².